The molecule has 1 saturated carbocycles. The zero-order valence-corrected chi connectivity index (χ0v) is 16.1. The van der Waals surface area contributed by atoms with Crippen LogP contribution >= 0.6 is 46.4 Å². The Hall–Kier alpha value is -1.66. The van der Waals surface area contributed by atoms with Crippen LogP contribution in [0.15, 0.2) is 42.5 Å². The third-order valence-corrected chi connectivity index (χ3v) is 5.00. The van der Waals surface area contributed by atoms with Crippen LogP contribution in [0.5, 0.6) is 5.75 Å². The summed E-state index contributed by atoms with van der Waals surface area (Å²) >= 11 is 23.7. The number of benzene rings is 2. The number of urea groups is 1. The van der Waals surface area contributed by atoms with Gasteiger partial charge in [0.2, 0.25) is 0 Å². The quantitative estimate of drug-likeness (QED) is 0.644. The van der Waals surface area contributed by atoms with Crippen molar-refractivity contribution in [2.24, 2.45) is 0 Å². The molecule has 2 aromatic carbocycles. The molecule has 0 spiro atoms. The molecule has 1 aliphatic rings. The van der Waals surface area contributed by atoms with Crippen molar-refractivity contribution in [2.75, 3.05) is 5.32 Å². The van der Waals surface area contributed by atoms with Crippen LogP contribution in [0.2, 0.25) is 10.0 Å². The minimum Gasteiger partial charge on any atom is -0.487 e. The number of halogens is 4. The molecule has 0 aromatic heterocycles. The van der Waals surface area contributed by atoms with Crippen molar-refractivity contribution in [1.29, 1.82) is 0 Å². The van der Waals surface area contributed by atoms with Crippen LogP contribution in [-0.4, -0.2) is 22.4 Å². The van der Waals surface area contributed by atoms with Gasteiger partial charge >= 0.3 is 6.03 Å². The van der Waals surface area contributed by atoms with Crippen LogP contribution in [0.25, 0.3) is 0 Å². The summed E-state index contributed by atoms with van der Waals surface area (Å²) < 4.78 is 4.74. The molecule has 1 atom stereocenters. The van der Waals surface area contributed by atoms with Gasteiger partial charge in [-0.15, -0.1) is 0 Å². The lowest BCUT2D eigenvalue weighted by molar-refractivity contribution is 0.0967. The SMILES string of the molecule is O=C(NC(=O)c1c(Cl)cccc1Cl)Nc1ccc(OC2CC2(Cl)Cl)cc1. The smallest absolute Gasteiger partial charge is 0.326 e. The summed E-state index contributed by atoms with van der Waals surface area (Å²) in [6.07, 6.45) is 0.316. The van der Waals surface area contributed by atoms with Gasteiger partial charge in [-0.3, -0.25) is 10.1 Å². The molecular weight excluding hydrogens is 422 g/mol. The lowest BCUT2D eigenvalue weighted by Crippen LogP contribution is -2.34. The number of rotatable bonds is 4. The Morgan fingerprint density at radius 1 is 1.04 bits per heavy atom. The first-order chi connectivity index (χ1) is 12.3. The minimum atomic E-state index is -0.836. The van der Waals surface area contributed by atoms with Crippen LogP contribution in [0.4, 0.5) is 10.5 Å². The molecule has 136 valence electrons. The lowest BCUT2D eigenvalue weighted by atomic mass is 10.2. The molecule has 26 heavy (non-hydrogen) atoms. The van der Waals surface area contributed by atoms with Gasteiger partial charge < -0.3 is 10.1 Å². The molecular formula is C17H12Cl4N2O3. The zero-order chi connectivity index (χ0) is 18.9. The molecule has 9 heteroatoms. The fourth-order valence-electron chi connectivity index (χ4n) is 2.14. The molecule has 1 aliphatic carbocycles. The van der Waals surface area contributed by atoms with E-state index in [1.165, 1.54) is 12.1 Å². The van der Waals surface area contributed by atoms with Gasteiger partial charge in [-0.25, -0.2) is 4.79 Å². The van der Waals surface area contributed by atoms with Crippen LogP contribution < -0.4 is 15.4 Å². The van der Waals surface area contributed by atoms with Gasteiger partial charge in [0.25, 0.3) is 5.91 Å². The van der Waals surface area contributed by atoms with Crippen LogP contribution in [0.1, 0.15) is 16.8 Å². The summed E-state index contributed by atoms with van der Waals surface area (Å²) in [5.41, 5.74) is 0.497. The van der Waals surface area contributed by atoms with E-state index in [0.29, 0.717) is 17.9 Å². The number of hydrogen-bond acceptors (Lipinski definition) is 3. The molecule has 1 fully saturated rings. The molecule has 1 unspecified atom stereocenters. The van der Waals surface area contributed by atoms with Crippen LogP contribution in [0.3, 0.4) is 0 Å². The number of carbonyl (C=O) groups is 2. The summed E-state index contributed by atoms with van der Waals surface area (Å²) in [6.45, 7) is 0. The molecule has 3 rings (SSSR count). The summed E-state index contributed by atoms with van der Waals surface area (Å²) in [7, 11) is 0. The Kier molecular flexibility index (Phi) is 5.53. The number of nitrogens with one attached hydrogen (secondary N) is 2. The van der Waals surface area contributed by atoms with E-state index in [2.05, 4.69) is 10.6 Å². The number of imide groups is 1. The molecule has 2 N–H and O–H groups in total. The predicted molar refractivity (Wildman–Crippen MR) is 103 cm³/mol. The van der Waals surface area contributed by atoms with Crippen molar-refractivity contribution in [1.82, 2.24) is 5.32 Å². The highest BCUT2D eigenvalue weighted by molar-refractivity contribution is 6.51. The van der Waals surface area contributed by atoms with Gasteiger partial charge in [-0.1, -0.05) is 52.5 Å². The molecule has 0 heterocycles. The number of anilines is 1. The molecule has 0 bridgehead atoms. The summed E-state index contributed by atoms with van der Waals surface area (Å²) in [5.74, 6) is -0.129. The maximum absolute atomic E-state index is 12.1. The molecule has 3 amide bonds. The standard InChI is InChI=1S/C17H12Cl4N2O3/c18-11-2-1-3-12(19)14(11)15(24)23-16(25)22-9-4-6-10(7-5-9)26-13-8-17(13,20)21/h1-7,13H,8H2,(H2,22,23,24,25). The first-order valence-corrected chi connectivity index (χ1v) is 8.98. The van der Waals surface area contributed by atoms with Crippen molar-refractivity contribution in [3.63, 3.8) is 0 Å². The maximum atomic E-state index is 12.1. The lowest BCUT2D eigenvalue weighted by Gasteiger charge is -2.10. The van der Waals surface area contributed by atoms with E-state index in [-0.39, 0.29) is 21.7 Å². The van der Waals surface area contributed by atoms with Crippen molar-refractivity contribution in [2.45, 2.75) is 16.9 Å². The van der Waals surface area contributed by atoms with Crippen LogP contribution in [-0.2, 0) is 0 Å². The normalized spacial score (nSPS) is 17.3. The fourth-order valence-corrected chi connectivity index (χ4v) is 3.08. The Morgan fingerprint density at radius 2 is 1.62 bits per heavy atom. The Bertz CT molecular complexity index is 835. The van der Waals surface area contributed by atoms with Gasteiger partial charge in [0.15, 0.2) is 4.33 Å². The van der Waals surface area contributed by atoms with Gasteiger partial charge in [-0.2, -0.15) is 0 Å². The zero-order valence-electron chi connectivity index (χ0n) is 13.1. The van der Waals surface area contributed by atoms with Crippen molar-refractivity contribution >= 4 is 64.0 Å². The number of amides is 3. The second-order valence-electron chi connectivity index (χ2n) is 5.60. The first kappa shape index (κ1) is 19.1. The van der Waals surface area contributed by atoms with E-state index < -0.39 is 16.3 Å². The first-order valence-electron chi connectivity index (χ1n) is 7.47. The maximum Gasteiger partial charge on any atom is 0.326 e. The average molecular weight is 434 g/mol. The average Bonchev–Trinajstić information content (AvgIpc) is 3.15. The molecule has 0 aliphatic heterocycles. The molecule has 0 saturated heterocycles. The van der Waals surface area contributed by atoms with Crippen molar-refractivity contribution in [3.05, 3.63) is 58.1 Å². The Balaban J connectivity index is 1.57. The van der Waals surface area contributed by atoms with Gasteiger partial charge in [0, 0.05) is 12.1 Å². The number of hydrogen-bond donors (Lipinski definition) is 2. The van der Waals surface area contributed by atoms with Crippen molar-refractivity contribution < 1.29 is 14.3 Å². The van der Waals surface area contributed by atoms with E-state index >= 15 is 0 Å². The number of ether oxygens (including phenoxy) is 1. The second kappa shape index (κ2) is 7.53. The number of carbonyl (C=O) groups excluding carboxylic acids is 2. The molecule has 2 aromatic rings. The predicted octanol–water partition coefficient (Wildman–Crippen LogP) is 5.28. The third-order valence-electron chi connectivity index (χ3n) is 3.58. The monoisotopic (exact) mass is 432 g/mol. The van der Waals surface area contributed by atoms with Gasteiger partial charge in [0.1, 0.15) is 11.9 Å². The Labute approximate surface area is 169 Å². The summed E-state index contributed by atoms with van der Waals surface area (Å²) in [4.78, 5) is 24.1. The van der Waals surface area contributed by atoms with E-state index in [1.54, 1.807) is 30.3 Å². The molecule has 0 radical (unpaired) electrons. The largest absolute Gasteiger partial charge is 0.487 e. The van der Waals surface area contributed by atoms with Gasteiger partial charge in [0.05, 0.1) is 15.6 Å². The van der Waals surface area contributed by atoms with Crippen molar-refractivity contribution in [3.8, 4) is 5.75 Å². The van der Waals surface area contributed by atoms with Crippen LogP contribution in [0, 0.1) is 0 Å². The minimum absolute atomic E-state index is 0.0322. The van der Waals surface area contributed by atoms with E-state index in [4.69, 9.17) is 51.1 Å². The highest BCUT2D eigenvalue weighted by Crippen LogP contribution is 2.49. The second-order valence-corrected chi connectivity index (χ2v) is 7.96. The summed E-state index contributed by atoms with van der Waals surface area (Å²) in [5, 5.41) is 5.00. The van der Waals surface area contributed by atoms with E-state index in [1.807, 2.05) is 0 Å². The highest BCUT2D eigenvalue weighted by Gasteiger charge is 2.54. The van der Waals surface area contributed by atoms with E-state index in [0.717, 1.165) is 0 Å². The fraction of sp³-hybridized carbons (Fsp3) is 0.176. The highest BCUT2D eigenvalue weighted by atomic mass is 35.5. The molecule has 5 nitrogen and oxygen atoms in total. The number of alkyl halides is 2. The topological polar surface area (TPSA) is 67.4 Å². The summed E-state index contributed by atoms with van der Waals surface area (Å²) in [6, 6.07) is 10.5. The third kappa shape index (κ3) is 4.54. The Morgan fingerprint density at radius 3 is 2.15 bits per heavy atom. The van der Waals surface area contributed by atoms with E-state index in [9.17, 15) is 9.59 Å². The van der Waals surface area contributed by atoms with Gasteiger partial charge in [-0.05, 0) is 36.4 Å².